The molecule has 0 saturated carbocycles. The van der Waals surface area contributed by atoms with Gasteiger partial charge in [0.1, 0.15) is 0 Å². The Bertz CT molecular complexity index is 583. The summed E-state index contributed by atoms with van der Waals surface area (Å²) >= 11 is 0. The van der Waals surface area contributed by atoms with Gasteiger partial charge >= 0.3 is 13.8 Å². The lowest BCUT2D eigenvalue weighted by atomic mass is 10.3. The summed E-state index contributed by atoms with van der Waals surface area (Å²) in [5, 5.41) is 7.63. The van der Waals surface area contributed by atoms with Crippen LogP contribution in [0.1, 0.15) is 25.6 Å². The molecule has 0 radical (unpaired) electrons. The number of rotatable bonds is 13. The van der Waals surface area contributed by atoms with Crippen molar-refractivity contribution in [3.8, 4) is 0 Å². The van der Waals surface area contributed by atoms with Crippen LogP contribution < -0.4 is 0 Å². The quantitative estimate of drug-likeness (QED) is 0.220. The SMILES string of the molecule is C=CCOCCn1nncc1C(OP(=O)(OCC)OCC)C(=O)OC. The lowest BCUT2D eigenvalue weighted by Crippen LogP contribution is -2.22. The van der Waals surface area contributed by atoms with E-state index in [1.807, 2.05) is 0 Å². The van der Waals surface area contributed by atoms with Gasteiger partial charge in [0.05, 0.1) is 52.0 Å². The maximum absolute atomic E-state index is 12.6. The van der Waals surface area contributed by atoms with Crippen molar-refractivity contribution < 1.29 is 32.4 Å². The third kappa shape index (κ3) is 6.68. The third-order valence-electron chi connectivity index (χ3n) is 2.82. The number of hydrogen-bond donors (Lipinski definition) is 0. The molecule has 0 N–H and O–H groups in total. The fourth-order valence-electron chi connectivity index (χ4n) is 1.83. The first-order valence-corrected chi connectivity index (χ1v) is 9.19. The van der Waals surface area contributed by atoms with Crippen molar-refractivity contribution >= 4 is 13.8 Å². The standard InChI is InChI=1S/C14H24N3O7P/c1-5-9-21-10-8-17-12(11-15-16-17)13(14(18)20-4)24-25(19,22-6-2)23-7-3/h5,11,13H,1,6-10H2,2-4H3. The minimum Gasteiger partial charge on any atom is -0.467 e. The summed E-state index contributed by atoms with van der Waals surface area (Å²) in [6.07, 6.45) is 1.56. The summed E-state index contributed by atoms with van der Waals surface area (Å²) in [5.41, 5.74) is 0.244. The smallest absolute Gasteiger partial charge is 0.467 e. The molecule has 1 rings (SSSR count). The molecule has 0 aliphatic carbocycles. The number of carbonyl (C=O) groups is 1. The van der Waals surface area contributed by atoms with Crippen LogP contribution in [0, 0.1) is 0 Å². The number of methoxy groups -OCH3 is 1. The van der Waals surface area contributed by atoms with Crippen LogP contribution in [0.5, 0.6) is 0 Å². The van der Waals surface area contributed by atoms with E-state index in [1.54, 1.807) is 19.9 Å². The molecule has 1 aromatic rings. The average Bonchev–Trinajstić information content (AvgIpc) is 3.04. The molecule has 0 fully saturated rings. The summed E-state index contributed by atoms with van der Waals surface area (Å²) < 4.78 is 39.5. The lowest BCUT2D eigenvalue weighted by molar-refractivity contribution is -0.150. The van der Waals surface area contributed by atoms with Crippen LogP contribution in [0.25, 0.3) is 0 Å². The van der Waals surface area contributed by atoms with Gasteiger partial charge in [-0.2, -0.15) is 0 Å². The summed E-state index contributed by atoms with van der Waals surface area (Å²) in [6, 6.07) is 0. The van der Waals surface area contributed by atoms with Crippen molar-refractivity contribution in [1.29, 1.82) is 0 Å². The van der Waals surface area contributed by atoms with E-state index in [-0.39, 0.29) is 18.9 Å². The second-order valence-electron chi connectivity index (χ2n) is 4.54. The zero-order valence-corrected chi connectivity index (χ0v) is 15.5. The number of phosphoric ester groups is 1. The monoisotopic (exact) mass is 377 g/mol. The van der Waals surface area contributed by atoms with Gasteiger partial charge in [0.15, 0.2) is 0 Å². The molecule has 11 heteroatoms. The number of phosphoric acid groups is 1. The van der Waals surface area contributed by atoms with Crippen LogP contribution in [0.3, 0.4) is 0 Å². The molecule has 1 unspecified atom stereocenters. The van der Waals surface area contributed by atoms with Crippen LogP contribution in [0.4, 0.5) is 0 Å². The topological polar surface area (TPSA) is 111 Å². The Kier molecular flexibility index (Phi) is 9.54. The lowest BCUT2D eigenvalue weighted by Gasteiger charge is -2.22. The zero-order valence-electron chi connectivity index (χ0n) is 14.6. The van der Waals surface area contributed by atoms with Crippen LogP contribution in [-0.4, -0.2) is 54.5 Å². The van der Waals surface area contributed by atoms with Crippen molar-refractivity contribution in [3.63, 3.8) is 0 Å². The van der Waals surface area contributed by atoms with E-state index in [2.05, 4.69) is 16.9 Å². The summed E-state index contributed by atoms with van der Waals surface area (Å²) in [5.74, 6) is -0.782. The summed E-state index contributed by atoms with van der Waals surface area (Å²) in [7, 11) is -2.77. The maximum atomic E-state index is 12.6. The first-order chi connectivity index (χ1) is 12.0. The molecule has 1 atom stereocenters. The molecule has 0 aliphatic heterocycles. The van der Waals surface area contributed by atoms with E-state index in [1.165, 1.54) is 18.0 Å². The van der Waals surface area contributed by atoms with Gasteiger partial charge in [-0.3, -0.25) is 13.6 Å². The van der Waals surface area contributed by atoms with Crippen molar-refractivity contribution in [2.75, 3.05) is 33.5 Å². The van der Waals surface area contributed by atoms with Gasteiger partial charge < -0.3 is 9.47 Å². The summed E-state index contributed by atoms with van der Waals surface area (Å²) in [4.78, 5) is 12.1. The highest BCUT2D eigenvalue weighted by molar-refractivity contribution is 7.48. The highest BCUT2D eigenvalue weighted by Gasteiger charge is 2.37. The Hall–Kier alpha value is -1.58. The molecule has 0 aromatic carbocycles. The molecule has 0 aliphatic rings. The van der Waals surface area contributed by atoms with Gasteiger partial charge in [0.25, 0.3) is 0 Å². The van der Waals surface area contributed by atoms with Crippen molar-refractivity contribution in [3.05, 3.63) is 24.5 Å². The number of aromatic nitrogens is 3. The third-order valence-corrected chi connectivity index (χ3v) is 4.44. The molecular formula is C14H24N3O7P. The zero-order chi connectivity index (χ0) is 18.7. The fourth-order valence-corrected chi connectivity index (χ4v) is 3.11. The first-order valence-electron chi connectivity index (χ1n) is 7.73. The Balaban J connectivity index is 2.99. The number of hydrogen-bond acceptors (Lipinski definition) is 9. The van der Waals surface area contributed by atoms with E-state index in [9.17, 15) is 9.36 Å². The van der Waals surface area contributed by atoms with Gasteiger partial charge in [0.2, 0.25) is 6.10 Å². The van der Waals surface area contributed by atoms with Crippen molar-refractivity contribution in [1.82, 2.24) is 15.0 Å². The molecule has 25 heavy (non-hydrogen) atoms. The van der Waals surface area contributed by atoms with E-state index >= 15 is 0 Å². The number of ether oxygens (including phenoxy) is 2. The van der Waals surface area contributed by atoms with Crippen molar-refractivity contribution in [2.24, 2.45) is 0 Å². The second kappa shape index (κ2) is 11.1. The molecule has 0 amide bonds. The Morgan fingerprint density at radius 2 is 2.08 bits per heavy atom. The molecule has 10 nitrogen and oxygen atoms in total. The second-order valence-corrected chi connectivity index (χ2v) is 6.16. The van der Waals surface area contributed by atoms with Gasteiger partial charge in [-0.25, -0.2) is 14.0 Å². The van der Waals surface area contributed by atoms with Gasteiger partial charge in [-0.05, 0) is 13.8 Å². The first kappa shape index (κ1) is 21.5. The minimum absolute atomic E-state index is 0.0814. The molecule has 1 aromatic heterocycles. The van der Waals surface area contributed by atoms with E-state index in [4.69, 9.17) is 23.0 Å². The van der Waals surface area contributed by atoms with E-state index < -0.39 is 19.9 Å². The largest absolute Gasteiger partial charge is 0.475 e. The molecule has 0 saturated heterocycles. The highest BCUT2D eigenvalue weighted by atomic mass is 31.2. The number of esters is 1. The predicted octanol–water partition coefficient (Wildman–Crippen LogP) is 1.89. The van der Waals surface area contributed by atoms with Gasteiger partial charge in [-0.15, -0.1) is 11.7 Å². The van der Waals surface area contributed by atoms with Crippen LogP contribution in [-0.2, 0) is 38.9 Å². The van der Waals surface area contributed by atoms with Crippen molar-refractivity contribution in [2.45, 2.75) is 26.5 Å². The Labute approximate surface area is 146 Å². The highest BCUT2D eigenvalue weighted by Crippen LogP contribution is 2.53. The van der Waals surface area contributed by atoms with Gasteiger partial charge in [-0.1, -0.05) is 11.3 Å². The Morgan fingerprint density at radius 3 is 2.64 bits per heavy atom. The minimum atomic E-state index is -3.95. The average molecular weight is 377 g/mol. The Morgan fingerprint density at radius 1 is 1.40 bits per heavy atom. The van der Waals surface area contributed by atoms with Crippen LogP contribution >= 0.6 is 7.82 Å². The normalized spacial score (nSPS) is 12.8. The van der Waals surface area contributed by atoms with Crippen LogP contribution in [0.15, 0.2) is 18.9 Å². The number of carbonyl (C=O) groups excluding carboxylic acids is 1. The maximum Gasteiger partial charge on any atom is 0.475 e. The summed E-state index contributed by atoms with van der Waals surface area (Å²) in [6.45, 7) is 7.96. The molecular weight excluding hydrogens is 353 g/mol. The van der Waals surface area contributed by atoms with Crippen LogP contribution in [0.2, 0.25) is 0 Å². The fraction of sp³-hybridized carbons (Fsp3) is 0.643. The predicted molar refractivity (Wildman–Crippen MR) is 87.7 cm³/mol. The van der Waals surface area contributed by atoms with E-state index in [0.717, 1.165) is 0 Å². The molecule has 0 bridgehead atoms. The molecule has 142 valence electrons. The van der Waals surface area contributed by atoms with Gasteiger partial charge in [0, 0.05) is 0 Å². The van der Waals surface area contributed by atoms with E-state index in [0.29, 0.717) is 19.8 Å². The molecule has 0 spiro atoms. The molecule has 1 heterocycles. The number of nitrogens with zero attached hydrogens (tertiary/aromatic N) is 3.